The fraction of sp³-hybridized carbons (Fsp3) is 0.429. The molecule has 1 aromatic carbocycles. The van der Waals surface area contributed by atoms with Gasteiger partial charge in [0.2, 0.25) is 11.8 Å². The first kappa shape index (κ1) is 12.6. The van der Waals surface area contributed by atoms with Crippen molar-refractivity contribution < 1.29 is 9.59 Å². The van der Waals surface area contributed by atoms with Crippen LogP contribution in [0, 0.1) is 19.3 Å². The molecule has 96 valence electrons. The Hall–Kier alpha value is -1.84. The van der Waals surface area contributed by atoms with Gasteiger partial charge in [-0.05, 0) is 31.9 Å². The average Bonchev–Trinajstić information content (AvgIpc) is 2.65. The van der Waals surface area contributed by atoms with Gasteiger partial charge in [0, 0.05) is 18.7 Å². The summed E-state index contributed by atoms with van der Waals surface area (Å²) in [5, 5.41) is 5.66. The Morgan fingerprint density at radius 3 is 2.44 bits per heavy atom. The van der Waals surface area contributed by atoms with Crippen molar-refractivity contribution in [1.82, 2.24) is 5.32 Å². The Morgan fingerprint density at radius 1 is 1.33 bits per heavy atom. The quantitative estimate of drug-likeness (QED) is 0.835. The Balaban J connectivity index is 2.19. The number of hydrogen-bond acceptors (Lipinski definition) is 2. The van der Waals surface area contributed by atoms with Gasteiger partial charge in [0.15, 0.2) is 0 Å². The molecule has 2 N–H and O–H groups in total. The lowest BCUT2D eigenvalue weighted by atomic mass is 9.88. The predicted molar refractivity (Wildman–Crippen MR) is 70.3 cm³/mol. The van der Waals surface area contributed by atoms with Crippen LogP contribution in [0.15, 0.2) is 18.2 Å². The van der Waals surface area contributed by atoms with Gasteiger partial charge in [-0.3, -0.25) is 9.59 Å². The molecule has 1 aliphatic rings. The van der Waals surface area contributed by atoms with Crippen LogP contribution in [-0.4, -0.2) is 18.4 Å². The number of carbonyl (C=O) groups excluding carboxylic acids is 2. The second kappa shape index (κ2) is 4.44. The molecule has 0 bridgehead atoms. The van der Waals surface area contributed by atoms with Crippen molar-refractivity contribution in [3.63, 3.8) is 0 Å². The van der Waals surface area contributed by atoms with Gasteiger partial charge >= 0.3 is 0 Å². The molecular weight excluding hydrogens is 228 g/mol. The third kappa shape index (κ3) is 2.23. The third-order valence-electron chi connectivity index (χ3n) is 3.49. The highest BCUT2D eigenvalue weighted by atomic mass is 16.2. The van der Waals surface area contributed by atoms with E-state index in [4.69, 9.17) is 0 Å². The average molecular weight is 246 g/mol. The predicted octanol–water partition coefficient (Wildman–Crippen LogP) is 1.77. The third-order valence-corrected chi connectivity index (χ3v) is 3.49. The van der Waals surface area contributed by atoms with Crippen LogP contribution in [0.25, 0.3) is 0 Å². The number of anilines is 1. The Morgan fingerprint density at radius 2 is 1.94 bits per heavy atom. The largest absolute Gasteiger partial charge is 0.355 e. The van der Waals surface area contributed by atoms with Crippen molar-refractivity contribution in [2.24, 2.45) is 5.41 Å². The lowest BCUT2D eigenvalue weighted by molar-refractivity contribution is -0.126. The van der Waals surface area contributed by atoms with Gasteiger partial charge in [-0.1, -0.05) is 18.2 Å². The molecule has 4 heteroatoms. The lowest BCUT2D eigenvalue weighted by Crippen LogP contribution is -2.35. The maximum atomic E-state index is 12.3. The topological polar surface area (TPSA) is 58.2 Å². The highest BCUT2D eigenvalue weighted by Gasteiger charge is 2.40. The molecule has 18 heavy (non-hydrogen) atoms. The van der Waals surface area contributed by atoms with Gasteiger partial charge in [0.1, 0.15) is 0 Å². The van der Waals surface area contributed by atoms with Crippen LogP contribution in [0.2, 0.25) is 0 Å². The number of rotatable bonds is 2. The fourth-order valence-corrected chi connectivity index (χ4v) is 2.21. The molecule has 2 amide bonds. The molecular formula is C14H18N2O2. The number of aryl methyl sites for hydroxylation is 2. The normalized spacial score (nSPS) is 22.7. The summed E-state index contributed by atoms with van der Waals surface area (Å²) < 4.78 is 0. The molecule has 1 fully saturated rings. The molecule has 0 aliphatic carbocycles. The van der Waals surface area contributed by atoms with Crippen LogP contribution < -0.4 is 10.6 Å². The second-order valence-electron chi connectivity index (χ2n) is 5.24. The van der Waals surface area contributed by atoms with E-state index in [2.05, 4.69) is 10.6 Å². The van der Waals surface area contributed by atoms with Crippen molar-refractivity contribution in [2.75, 3.05) is 11.9 Å². The minimum Gasteiger partial charge on any atom is -0.355 e. The van der Waals surface area contributed by atoms with Gasteiger partial charge in [-0.2, -0.15) is 0 Å². The molecule has 0 aromatic heterocycles. The number of carbonyl (C=O) groups is 2. The zero-order valence-electron chi connectivity index (χ0n) is 11.0. The molecule has 1 atom stereocenters. The molecule has 1 aliphatic heterocycles. The lowest BCUT2D eigenvalue weighted by Gasteiger charge is -2.22. The maximum absolute atomic E-state index is 12.3. The van der Waals surface area contributed by atoms with Gasteiger partial charge in [-0.15, -0.1) is 0 Å². The van der Waals surface area contributed by atoms with E-state index in [1.54, 1.807) is 0 Å². The van der Waals surface area contributed by atoms with Crippen molar-refractivity contribution in [3.8, 4) is 0 Å². The standard InChI is InChI=1S/C14H18N2O2/c1-9-5-4-6-10(2)12(9)16-13(18)14(3)7-11(17)15-8-14/h4-6H,7-8H2,1-3H3,(H,15,17)(H,16,18). The number of benzene rings is 1. The van der Waals surface area contributed by atoms with E-state index in [0.29, 0.717) is 6.54 Å². The maximum Gasteiger partial charge on any atom is 0.232 e. The molecule has 4 nitrogen and oxygen atoms in total. The number of hydrogen-bond donors (Lipinski definition) is 2. The molecule has 0 radical (unpaired) electrons. The molecule has 2 rings (SSSR count). The van der Waals surface area contributed by atoms with Crippen LogP contribution in [0.3, 0.4) is 0 Å². The number of amides is 2. The van der Waals surface area contributed by atoms with E-state index in [0.717, 1.165) is 16.8 Å². The first-order valence-corrected chi connectivity index (χ1v) is 6.07. The summed E-state index contributed by atoms with van der Waals surface area (Å²) in [5.41, 5.74) is 2.27. The summed E-state index contributed by atoms with van der Waals surface area (Å²) >= 11 is 0. The van der Waals surface area contributed by atoms with E-state index in [9.17, 15) is 9.59 Å². The van der Waals surface area contributed by atoms with E-state index in [1.165, 1.54) is 0 Å². The highest BCUT2D eigenvalue weighted by Crippen LogP contribution is 2.29. The summed E-state index contributed by atoms with van der Waals surface area (Å²) in [6.45, 7) is 6.14. The molecule has 1 heterocycles. The van der Waals surface area contributed by atoms with Crippen LogP contribution in [-0.2, 0) is 9.59 Å². The number of nitrogens with one attached hydrogen (secondary N) is 2. The Labute approximate surface area is 107 Å². The monoisotopic (exact) mass is 246 g/mol. The second-order valence-corrected chi connectivity index (χ2v) is 5.24. The van der Waals surface area contributed by atoms with Crippen molar-refractivity contribution in [1.29, 1.82) is 0 Å². The van der Waals surface area contributed by atoms with Gasteiger partial charge < -0.3 is 10.6 Å². The molecule has 1 aromatic rings. The summed E-state index contributed by atoms with van der Waals surface area (Å²) in [5.74, 6) is -0.160. The molecule has 0 spiro atoms. The van der Waals surface area contributed by atoms with Crippen molar-refractivity contribution in [2.45, 2.75) is 27.2 Å². The SMILES string of the molecule is Cc1cccc(C)c1NC(=O)C1(C)CNC(=O)C1. The van der Waals surface area contributed by atoms with Crippen LogP contribution >= 0.6 is 0 Å². The van der Waals surface area contributed by atoms with Gasteiger partial charge in [-0.25, -0.2) is 0 Å². The summed E-state index contributed by atoms with van der Waals surface area (Å²) in [7, 11) is 0. The Bertz CT molecular complexity index is 490. The van der Waals surface area contributed by atoms with Crippen molar-refractivity contribution >= 4 is 17.5 Å². The smallest absolute Gasteiger partial charge is 0.232 e. The zero-order chi connectivity index (χ0) is 13.3. The summed E-state index contributed by atoms with van der Waals surface area (Å²) in [6.07, 6.45) is 0.254. The van der Waals surface area contributed by atoms with Crippen LogP contribution in [0.4, 0.5) is 5.69 Å². The van der Waals surface area contributed by atoms with E-state index >= 15 is 0 Å². The van der Waals surface area contributed by atoms with Crippen LogP contribution in [0.5, 0.6) is 0 Å². The molecule has 1 unspecified atom stereocenters. The van der Waals surface area contributed by atoms with E-state index in [1.807, 2.05) is 39.0 Å². The van der Waals surface area contributed by atoms with E-state index in [-0.39, 0.29) is 18.2 Å². The van der Waals surface area contributed by atoms with Crippen LogP contribution in [0.1, 0.15) is 24.5 Å². The van der Waals surface area contributed by atoms with Crippen molar-refractivity contribution in [3.05, 3.63) is 29.3 Å². The highest BCUT2D eigenvalue weighted by molar-refractivity contribution is 6.00. The Kier molecular flexibility index (Phi) is 3.11. The molecule has 0 saturated carbocycles. The summed E-state index contributed by atoms with van der Waals surface area (Å²) in [4.78, 5) is 23.5. The van der Waals surface area contributed by atoms with Gasteiger partial charge in [0.25, 0.3) is 0 Å². The van der Waals surface area contributed by atoms with Gasteiger partial charge in [0.05, 0.1) is 5.41 Å². The number of para-hydroxylation sites is 1. The first-order chi connectivity index (χ1) is 8.42. The minimum absolute atomic E-state index is 0.0610. The summed E-state index contributed by atoms with van der Waals surface area (Å²) in [6, 6.07) is 5.88. The molecule has 1 saturated heterocycles. The minimum atomic E-state index is -0.647. The zero-order valence-corrected chi connectivity index (χ0v) is 11.0. The van der Waals surface area contributed by atoms with E-state index < -0.39 is 5.41 Å². The first-order valence-electron chi connectivity index (χ1n) is 6.07. The fourth-order valence-electron chi connectivity index (χ4n) is 2.21.